The number of carboxylic acids is 2. The van der Waals surface area contributed by atoms with Gasteiger partial charge in [-0.05, 0) is 0 Å². The first-order chi connectivity index (χ1) is 5.04. The average molecular weight is 168 g/mol. The van der Waals surface area contributed by atoms with E-state index in [4.69, 9.17) is 10.2 Å². The van der Waals surface area contributed by atoms with E-state index in [1.807, 2.05) is 0 Å². The van der Waals surface area contributed by atoms with E-state index in [0.717, 1.165) is 37.7 Å². The summed E-state index contributed by atoms with van der Waals surface area (Å²) in [7, 11) is 0. The third kappa shape index (κ3) is 26.1. The second-order valence-corrected chi connectivity index (χ2v) is 2.69. The third-order valence-corrected chi connectivity index (χ3v) is 1.14. The molecule has 0 atom stereocenters. The molecule has 0 aromatic carbocycles. The van der Waals surface area contributed by atoms with Crippen molar-refractivity contribution in [2.24, 2.45) is 0 Å². The summed E-state index contributed by atoms with van der Waals surface area (Å²) in [6.45, 7) is 2.96. The molecular formula is C6H9NaO4. The van der Waals surface area contributed by atoms with Crippen molar-refractivity contribution in [3.05, 3.63) is 12.7 Å². The van der Waals surface area contributed by atoms with Gasteiger partial charge in [0.2, 0.25) is 0 Å². The van der Waals surface area contributed by atoms with Crippen molar-refractivity contribution in [2.75, 3.05) is 0 Å². The summed E-state index contributed by atoms with van der Waals surface area (Å²) in [5.41, 5.74) is 0. The molecule has 0 saturated carbocycles. The van der Waals surface area contributed by atoms with E-state index in [0.29, 0.717) is 6.42 Å². The van der Waals surface area contributed by atoms with Crippen molar-refractivity contribution >= 4 is 39.9 Å². The van der Waals surface area contributed by atoms with Gasteiger partial charge in [0.25, 0.3) is 0 Å². The molecule has 0 bridgehead atoms. The molecule has 0 radical (unpaired) electrons. The molecule has 0 amide bonds. The molecule has 0 aliphatic heterocycles. The SMILES string of the molecule is C=CC(=O)O.O=C(O)C[CH2][Na]. The molecule has 0 aliphatic rings. The Hall–Kier alpha value is -0.320. The van der Waals surface area contributed by atoms with Gasteiger partial charge in [0.15, 0.2) is 0 Å². The van der Waals surface area contributed by atoms with Gasteiger partial charge >= 0.3 is 59.9 Å². The van der Waals surface area contributed by atoms with Gasteiger partial charge in [-0.3, -0.25) is 0 Å². The fraction of sp³-hybridized carbons (Fsp3) is 0.333. The van der Waals surface area contributed by atoms with Crippen LogP contribution >= 0.6 is 0 Å². The Morgan fingerprint density at radius 3 is 1.82 bits per heavy atom. The Morgan fingerprint density at radius 1 is 1.45 bits per heavy atom. The first-order valence-electron chi connectivity index (χ1n) is 3.11. The topological polar surface area (TPSA) is 74.6 Å². The summed E-state index contributed by atoms with van der Waals surface area (Å²) >= 11 is 1.01. The molecule has 4 nitrogen and oxygen atoms in total. The average Bonchev–Trinajstić information content (AvgIpc) is 1.89. The Labute approximate surface area is 82.3 Å². The minimum absolute atomic E-state index is 0.353. The van der Waals surface area contributed by atoms with Crippen LogP contribution in [-0.4, -0.2) is 50.1 Å². The summed E-state index contributed by atoms with van der Waals surface area (Å²) < 4.78 is 0.870. The second-order valence-electron chi connectivity index (χ2n) is 1.69. The normalized spacial score (nSPS) is 7.45. The minimum atomic E-state index is -0.981. The van der Waals surface area contributed by atoms with Crippen LogP contribution in [0.5, 0.6) is 0 Å². The van der Waals surface area contributed by atoms with Crippen molar-refractivity contribution in [1.29, 1.82) is 0 Å². The summed E-state index contributed by atoms with van der Waals surface area (Å²) in [5.74, 6) is -1.66. The summed E-state index contributed by atoms with van der Waals surface area (Å²) in [4.78, 5) is 18.9. The molecule has 58 valence electrons. The van der Waals surface area contributed by atoms with Crippen LogP contribution in [0.1, 0.15) is 6.42 Å². The molecule has 0 aromatic rings. The molecule has 11 heavy (non-hydrogen) atoms. The Bertz CT molecular complexity index is 144. The number of aliphatic carboxylic acids is 2. The molecule has 2 N–H and O–H groups in total. The molecule has 0 unspecified atom stereocenters. The van der Waals surface area contributed by atoms with Gasteiger partial charge < -0.3 is 5.11 Å². The van der Waals surface area contributed by atoms with Gasteiger partial charge in [-0.2, -0.15) is 0 Å². The van der Waals surface area contributed by atoms with Gasteiger partial charge in [0.05, 0.1) is 0 Å². The molecule has 0 aromatic heterocycles. The van der Waals surface area contributed by atoms with E-state index in [1.165, 1.54) is 0 Å². The predicted octanol–water partition coefficient (Wildman–Crippen LogP) is 0.305. The second kappa shape index (κ2) is 9.68. The maximum absolute atomic E-state index is 9.62. The number of carboxylic acid groups (broad SMARTS) is 2. The fourth-order valence-corrected chi connectivity index (χ4v) is 0.642. The van der Waals surface area contributed by atoms with E-state index in [1.54, 1.807) is 0 Å². The fourth-order valence-electron chi connectivity index (χ4n) is 0.214. The maximum atomic E-state index is 9.62. The standard InChI is InChI=1S/C3H5O2.C3H4O2.Na/c2*1-2-3(4)5;/h1-2H2,(H,4,5);2H,1H2,(H,4,5);. The zero-order valence-corrected chi connectivity index (χ0v) is 8.41. The van der Waals surface area contributed by atoms with E-state index in [2.05, 4.69) is 6.58 Å². The van der Waals surface area contributed by atoms with Crippen LogP contribution < -0.4 is 0 Å². The van der Waals surface area contributed by atoms with Crippen LogP contribution in [0.25, 0.3) is 0 Å². The zero-order valence-electron chi connectivity index (χ0n) is 6.41. The van der Waals surface area contributed by atoms with Crippen molar-refractivity contribution < 1.29 is 19.8 Å². The van der Waals surface area contributed by atoms with Crippen LogP contribution in [0.4, 0.5) is 0 Å². The Morgan fingerprint density at radius 2 is 1.82 bits per heavy atom. The molecule has 0 saturated heterocycles. The van der Waals surface area contributed by atoms with Crippen LogP contribution in [0.15, 0.2) is 12.7 Å². The summed E-state index contributed by atoms with van der Waals surface area (Å²) in [6, 6.07) is 0. The number of hydrogen-bond acceptors (Lipinski definition) is 2. The molecular weight excluding hydrogens is 159 g/mol. The van der Waals surface area contributed by atoms with Gasteiger partial charge in [-0.15, -0.1) is 0 Å². The van der Waals surface area contributed by atoms with Crippen molar-refractivity contribution in [1.82, 2.24) is 0 Å². The summed E-state index contributed by atoms with van der Waals surface area (Å²) in [5, 5.41) is 15.5. The van der Waals surface area contributed by atoms with Gasteiger partial charge in [0.1, 0.15) is 0 Å². The van der Waals surface area contributed by atoms with Crippen molar-refractivity contribution in [3.8, 4) is 0 Å². The molecule has 0 aliphatic carbocycles. The van der Waals surface area contributed by atoms with E-state index in [9.17, 15) is 9.59 Å². The quantitative estimate of drug-likeness (QED) is 0.469. The van der Waals surface area contributed by atoms with Crippen LogP contribution in [0.2, 0.25) is 3.67 Å². The monoisotopic (exact) mass is 168 g/mol. The molecule has 0 rings (SSSR count). The van der Waals surface area contributed by atoms with Crippen molar-refractivity contribution in [3.63, 3.8) is 0 Å². The van der Waals surface area contributed by atoms with Gasteiger partial charge in [0, 0.05) is 6.08 Å². The van der Waals surface area contributed by atoms with E-state index in [-0.39, 0.29) is 0 Å². The number of carbonyl (C=O) groups is 2. The molecule has 5 heteroatoms. The molecule has 0 fully saturated rings. The number of hydrogen-bond donors (Lipinski definition) is 2. The summed E-state index contributed by atoms with van der Waals surface area (Å²) in [6.07, 6.45) is 1.19. The first kappa shape index (κ1) is 13.3. The van der Waals surface area contributed by atoms with Crippen molar-refractivity contribution in [2.45, 2.75) is 10.1 Å². The molecule has 0 heterocycles. The molecule has 0 spiro atoms. The van der Waals surface area contributed by atoms with Crippen LogP contribution in [0, 0.1) is 0 Å². The van der Waals surface area contributed by atoms with E-state index >= 15 is 0 Å². The number of rotatable bonds is 3. The van der Waals surface area contributed by atoms with Crippen LogP contribution in [-0.2, 0) is 9.59 Å². The van der Waals surface area contributed by atoms with Gasteiger partial charge in [-0.1, -0.05) is 6.58 Å². The Kier molecular flexibility index (Phi) is 11.7. The third-order valence-electron chi connectivity index (χ3n) is 0.638. The first-order valence-corrected chi connectivity index (χ1v) is 4.53. The van der Waals surface area contributed by atoms with Crippen LogP contribution in [0.3, 0.4) is 0 Å². The zero-order chi connectivity index (χ0) is 9.28. The Balaban J connectivity index is 0. The van der Waals surface area contributed by atoms with Gasteiger partial charge in [-0.25, -0.2) is 4.79 Å². The van der Waals surface area contributed by atoms with E-state index < -0.39 is 11.9 Å². The predicted molar refractivity (Wildman–Crippen MR) is 40.6 cm³/mol.